The van der Waals surface area contributed by atoms with Crippen molar-refractivity contribution in [2.24, 2.45) is 11.3 Å². The van der Waals surface area contributed by atoms with Gasteiger partial charge in [-0.1, -0.05) is 18.9 Å². The fourth-order valence-electron chi connectivity index (χ4n) is 5.94. The predicted octanol–water partition coefficient (Wildman–Crippen LogP) is 3.38. The molecule has 0 aliphatic heterocycles. The minimum atomic E-state index is 0.389. The molecule has 20 heavy (non-hydrogen) atoms. The first kappa shape index (κ1) is 12.7. The molecule has 2 nitrogen and oxygen atoms in total. The summed E-state index contributed by atoms with van der Waals surface area (Å²) in [4.78, 5) is 0. The van der Waals surface area contributed by atoms with Crippen LogP contribution < -0.4 is 5.32 Å². The van der Waals surface area contributed by atoms with Crippen molar-refractivity contribution in [3.63, 3.8) is 0 Å². The Labute approximate surface area is 121 Å². The van der Waals surface area contributed by atoms with Gasteiger partial charge in [-0.2, -0.15) is 0 Å². The maximum absolute atomic E-state index is 9.94. The van der Waals surface area contributed by atoms with Crippen molar-refractivity contribution in [1.29, 1.82) is 0 Å². The van der Waals surface area contributed by atoms with E-state index >= 15 is 0 Å². The molecule has 0 aromatic heterocycles. The van der Waals surface area contributed by atoms with Crippen molar-refractivity contribution in [1.82, 2.24) is 5.32 Å². The fourth-order valence-corrected chi connectivity index (χ4v) is 5.94. The van der Waals surface area contributed by atoms with Gasteiger partial charge in [0.2, 0.25) is 0 Å². The molecule has 0 radical (unpaired) electrons. The zero-order valence-corrected chi connectivity index (χ0v) is 12.4. The van der Waals surface area contributed by atoms with Crippen molar-refractivity contribution in [2.45, 2.75) is 50.4 Å². The van der Waals surface area contributed by atoms with Crippen LogP contribution in [0.4, 0.5) is 0 Å². The Balaban J connectivity index is 1.80. The Morgan fingerprint density at radius 2 is 2.15 bits per heavy atom. The first-order valence-electron chi connectivity index (χ1n) is 8.17. The van der Waals surface area contributed by atoms with Crippen molar-refractivity contribution in [3.8, 4) is 5.75 Å². The number of nitrogens with one attached hydrogen (secondary N) is 1. The number of phenols is 1. The summed E-state index contributed by atoms with van der Waals surface area (Å²) in [5.41, 5.74) is 3.91. The summed E-state index contributed by atoms with van der Waals surface area (Å²) >= 11 is 0. The molecule has 0 saturated heterocycles. The molecule has 4 rings (SSSR count). The van der Waals surface area contributed by atoms with Gasteiger partial charge in [-0.25, -0.2) is 0 Å². The summed E-state index contributed by atoms with van der Waals surface area (Å²) < 4.78 is 0. The molecule has 108 valence electrons. The lowest BCUT2D eigenvalue weighted by molar-refractivity contribution is -0.0789. The van der Waals surface area contributed by atoms with Crippen molar-refractivity contribution < 1.29 is 5.11 Å². The van der Waals surface area contributed by atoms with Gasteiger partial charge in [0.15, 0.2) is 0 Å². The van der Waals surface area contributed by atoms with Crippen LogP contribution in [-0.4, -0.2) is 18.7 Å². The minimum Gasteiger partial charge on any atom is -0.508 e. The standard InChI is InChI=1S/C18H25NO/c1-19-12-17-8-2-3-9-18(11-17)15-10-14(20)6-4-13(15)5-7-16(17)18/h4,6,10,16,19-20H,2-3,5,7-9,11-12H2,1H3/t16-,17?,18+/m0/s1. The second-order valence-corrected chi connectivity index (χ2v) is 7.37. The maximum atomic E-state index is 9.94. The molecule has 0 amide bonds. The van der Waals surface area contributed by atoms with E-state index in [1.807, 2.05) is 6.07 Å². The predicted molar refractivity (Wildman–Crippen MR) is 81.0 cm³/mol. The molecular weight excluding hydrogens is 246 g/mol. The SMILES string of the molecule is CNCC12CCCC[C@@]3(C1)c1cc(O)ccc1CC[C@@H]23. The number of rotatable bonds is 2. The van der Waals surface area contributed by atoms with Gasteiger partial charge in [0, 0.05) is 6.54 Å². The van der Waals surface area contributed by atoms with Gasteiger partial charge < -0.3 is 10.4 Å². The topological polar surface area (TPSA) is 32.3 Å². The summed E-state index contributed by atoms with van der Waals surface area (Å²) in [6, 6.07) is 6.11. The Kier molecular flexibility index (Phi) is 2.69. The van der Waals surface area contributed by atoms with E-state index in [2.05, 4.69) is 24.5 Å². The van der Waals surface area contributed by atoms with E-state index in [0.29, 0.717) is 16.6 Å². The summed E-state index contributed by atoms with van der Waals surface area (Å²) in [5.74, 6) is 1.29. The third-order valence-corrected chi connectivity index (χ3v) is 6.48. The van der Waals surface area contributed by atoms with Crippen molar-refractivity contribution in [3.05, 3.63) is 29.3 Å². The van der Waals surface area contributed by atoms with E-state index < -0.39 is 0 Å². The van der Waals surface area contributed by atoms with Crippen molar-refractivity contribution >= 4 is 0 Å². The van der Waals surface area contributed by atoms with Crippen LogP contribution >= 0.6 is 0 Å². The first-order chi connectivity index (χ1) is 9.70. The first-order valence-corrected chi connectivity index (χ1v) is 8.17. The largest absolute Gasteiger partial charge is 0.508 e. The Morgan fingerprint density at radius 1 is 1.30 bits per heavy atom. The van der Waals surface area contributed by atoms with Crippen LogP contribution in [0.5, 0.6) is 5.75 Å². The average molecular weight is 271 g/mol. The van der Waals surface area contributed by atoms with Gasteiger partial charge in [0.1, 0.15) is 5.75 Å². The Bertz CT molecular complexity index is 540. The second-order valence-electron chi connectivity index (χ2n) is 7.37. The van der Waals surface area contributed by atoms with Crippen LogP contribution in [0.1, 0.15) is 49.7 Å². The third-order valence-electron chi connectivity index (χ3n) is 6.48. The smallest absolute Gasteiger partial charge is 0.115 e. The third kappa shape index (κ3) is 1.49. The van der Waals surface area contributed by atoms with Crippen LogP contribution in [0.3, 0.4) is 0 Å². The number of aryl methyl sites for hydroxylation is 1. The number of phenolic OH excluding ortho intramolecular Hbond substituents is 1. The van der Waals surface area contributed by atoms with E-state index in [4.69, 9.17) is 0 Å². The lowest BCUT2D eigenvalue weighted by Gasteiger charge is -2.65. The molecule has 3 atom stereocenters. The summed E-state index contributed by atoms with van der Waals surface area (Å²) in [6.07, 6.45) is 9.36. The van der Waals surface area contributed by atoms with Gasteiger partial charge in [-0.15, -0.1) is 0 Å². The van der Waals surface area contributed by atoms with E-state index in [1.54, 1.807) is 0 Å². The highest BCUT2D eigenvalue weighted by Crippen LogP contribution is 2.69. The molecular formula is C18H25NO. The van der Waals surface area contributed by atoms with Gasteiger partial charge >= 0.3 is 0 Å². The molecule has 3 aliphatic carbocycles. The van der Waals surface area contributed by atoms with E-state index in [1.165, 1.54) is 62.6 Å². The molecule has 1 unspecified atom stereocenters. The zero-order chi connectivity index (χ0) is 13.8. The lowest BCUT2D eigenvalue weighted by Crippen LogP contribution is -2.62. The summed E-state index contributed by atoms with van der Waals surface area (Å²) in [5, 5.41) is 13.4. The highest BCUT2D eigenvalue weighted by Gasteiger charge is 2.64. The Morgan fingerprint density at radius 3 is 3.00 bits per heavy atom. The van der Waals surface area contributed by atoms with E-state index in [-0.39, 0.29) is 0 Å². The van der Waals surface area contributed by atoms with Gasteiger partial charge in [0.25, 0.3) is 0 Å². The Hall–Kier alpha value is -1.02. The van der Waals surface area contributed by atoms with Gasteiger partial charge in [0.05, 0.1) is 0 Å². The molecule has 0 heterocycles. The van der Waals surface area contributed by atoms with Crippen LogP contribution in [0, 0.1) is 11.3 Å². The van der Waals surface area contributed by atoms with Gasteiger partial charge in [-0.05, 0) is 79.2 Å². The molecule has 2 heteroatoms. The van der Waals surface area contributed by atoms with E-state index in [0.717, 1.165) is 5.92 Å². The summed E-state index contributed by atoms with van der Waals surface area (Å²) in [6.45, 7) is 1.17. The average Bonchev–Trinajstić information content (AvgIpc) is 2.70. The molecule has 3 aliphatic rings. The molecule has 1 spiro atoms. The number of hydrogen-bond donors (Lipinski definition) is 2. The molecule has 1 aromatic rings. The second kappa shape index (κ2) is 4.24. The van der Waals surface area contributed by atoms with Gasteiger partial charge in [-0.3, -0.25) is 0 Å². The minimum absolute atomic E-state index is 0.389. The normalized spacial score (nSPS) is 38.4. The summed E-state index contributed by atoms with van der Waals surface area (Å²) in [7, 11) is 2.10. The highest BCUT2D eigenvalue weighted by molar-refractivity contribution is 5.46. The number of hydrogen-bond acceptors (Lipinski definition) is 2. The van der Waals surface area contributed by atoms with Crippen LogP contribution in [0.2, 0.25) is 0 Å². The maximum Gasteiger partial charge on any atom is 0.115 e. The number of fused-ring (bicyclic) bond motifs is 3. The van der Waals surface area contributed by atoms with Crippen molar-refractivity contribution in [2.75, 3.05) is 13.6 Å². The van der Waals surface area contributed by atoms with Crippen LogP contribution in [-0.2, 0) is 11.8 Å². The molecule has 2 bridgehead atoms. The highest BCUT2D eigenvalue weighted by atomic mass is 16.3. The molecule has 2 saturated carbocycles. The van der Waals surface area contributed by atoms with Crippen LogP contribution in [0.15, 0.2) is 18.2 Å². The molecule has 2 fully saturated rings. The fraction of sp³-hybridized carbons (Fsp3) is 0.667. The van der Waals surface area contributed by atoms with Crippen LogP contribution in [0.25, 0.3) is 0 Å². The van der Waals surface area contributed by atoms with E-state index in [9.17, 15) is 5.11 Å². The molecule has 2 N–H and O–H groups in total. The number of benzene rings is 1. The monoisotopic (exact) mass is 271 g/mol. The lowest BCUT2D eigenvalue weighted by atomic mass is 9.39. The molecule has 1 aromatic carbocycles. The number of aromatic hydroxyl groups is 1. The quantitative estimate of drug-likeness (QED) is 0.864. The zero-order valence-electron chi connectivity index (χ0n) is 12.4.